The van der Waals surface area contributed by atoms with Crippen LogP contribution in [0.2, 0.25) is 0 Å². The van der Waals surface area contributed by atoms with Crippen molar-refractivity contribution in [2.75, 3.05) is 20.3 Å². The molecule has 0 aromatic heterocycles. The van der Waals surface area contributed by atoms with Gasteiger partial charge in [0.1, 0.15) is 12.2 Å². The molecule has 0 spiro atoms. The predicted molar refractivity (Wildman–Crippen MR) is 172 cm³/mol. The molecular weight excluding hydrogens is 576 g/mol. The van der Waals surface area contributed by atoms with Gasteiger partial charge in [-0.25, -0.2) is 4.79 Å². The first-order valence-corrected chi connectivity index (χ1v) is 17.0. The van der Waals surface area contributed by atoms with Crippen LogP contribution >= 0.6 is 0 Å². The summed E-state index contributed by atoms with van der Waals surface area (Å²) in [5.74, 6) is 1.08. The van der Waals surface area contributed by atoms with Gasteiger partial charge in [-0.1, -0.05) is 59.4 Å². The zero-order valence-corrected chi connectivity index (χ0v) is 28.0. The van der Waals surface area contributed by atoms with E-state index in [1.807, 2.05) is 13.8 Å². The fourth-order valence-electron chi connectivity index (χ4n) is 6.67. The van der Waals surface area contributed by atoms with Gasteiger partial charge in [0.2, 0.25) is 5.91 Å². The largest absolute Gasteiger partial charge is 0.504 e. The number of cyclic esters (lactones) is 1. The van der Waals surface area contributed by atoms with Crippen LogP contribution < -0.4 is 10.1 Å². The number of carbonyl (C=O) groups is 3. The number of benzene rings is 1. The molecular formula is C35H56N2O8. The summed E-state index contributed by atoms with van der Waals surface area (Å²) in [5, 5.41) is 21.9. The number of carbonyl (C=O) groups excluding carboxylic acids is 3. The van der Waals surface area contributed by atoms with Crippen LogP contribution in [-0.2, 0) is 25.6 Å². The van der Waals surface area contributed by atoms with Crippen molar-refractivity contribution < 1.29 is 38.8 Å². The third-order valence-electron chi connectivity index (χ3n) is 9.73. The van der Waals surface area contributed by atoms with Crippen LogP contribution in [0.4, 0.5) is 4.79 Å². The maximum Gasteiger partial charge on any atom is 0.410 e. The Morgan fingerprint density at radius 1 is 1.13 bits per heavy atom. The lowest BCUT2D eigenvalue weighted by molar-refractivity contribution is -0.155. The molecule has 2 aliphatic rings. The first kappa shape index (κ1) is 36.5. The molecule has 1 saturated heterocycles. The fourth-order valence-corrected chi connectivity index (χ4v) is 6.67. The number of esters is 1. The molecule has 2 fully saturated rings. The minimum atomic E-state index is -0.480. The second-order valence-corrected chi connectivity index (χ2v) is 13.4. The van der Waals surface area contributed by atoms with Crippen molar-refractivity contribution in [1.82, 2.24) is 10.2 Å². The molecule has 45 heavy (non-hydrogen) atoms. The molecule has 1 aliphatic carbocycles. The maximum atomic E-state index is 13.4. The second-order valence-electron chi connectivity index (χ2n) is 13.4. The zero-order valence-electron chi connectivity index (χ0n) is 28.0. The average Bonchev–Trinajstić information content (AvgIpc) is 3.01. The normalized spacial score (nSPS) is 26.8. The van der Waals surface area contributed by atoms with E-state index in [2.05, 4.69) is 19.2 Å². The van der Waals surface area contributed by atoms with Crippen LogP contribution in [0.5, 0.6) is 11.5 Å². The molecule has 1 heterocycles. The lowest BCUT2D eigenvalue weighted by atomic mass is 9.78. The lowest BCUT2D eigenvalue weighted by Gasteiger charge is -2.39. The minimum absolute atomic E-state index is 0.00331. The highest BCUT2D eigenvalue weighted by molar-refractivity contribution is 5.78. The van der Waals surface area contributed by atoms with Crippen molar-refractivity contribution in [3.63, 3.8) is 0 Å². The van der Waals surface area contributed by atoms with Gasteiger partial charge in [-0.2, -0.15) is 0 Å². The Morgan fingerprint density at radius 3 is 2.60 bits per heavy atom. The summed E-state index contributed by atoms with van der Waals surface area (Å²) in [7, 11) is 1.46. The van der Waals surface area contributed by atoms with Gasteiger partial charge in [0.05, 0.1) is 19.6 Å². The zero-order chi connectivity index (χ0) is 32.9. The van der Waals surface area contributed by atoms with Crippen LogP contribution in [0, 0.1) is 23.7 Å². The van der Waals surface area contributed by atoms with Crippen molar-refractivity contribution >= 4 is 18.0 Å². The Bertz CT molecular complexity index is 1100. The van der Waals surface area contributed by atoms with Crippen molar-refractivity contribution in [2.45, 2.75) is 123 Å². The molecule has 0 radical (unpaired) electrons. The average molecular weight is 633 g/mol. The number of methoxy groups -OCH3 is 1. The Morgan fingerprint density at radius 2 is 1.89 bits per heavy atom. The van der Waals surface area contributed by atoms with Crippen LogP contribution in [0.15, 0.2) is 18.2 Å². The second kappa shape index (κ2) is 18.2. The number of rotatable bonds is 13. The molecule has 254 valence electrons. The summed E-state index contributed by atoms with van der Waals surface area (Å²) in [6, 6.07) is 4.50. The number of phenolic OH excluding ortho intramolecular Hbond substituents is 1. The summed E-state index contributed by atoms with van der Waals surface area (Å²) in [5.41, 5.74) is 0.739. The van der Waals surface area contributed by atoms with Crippen LogP contribution in [0.3, 0.4) is 0 Å². The molecule has 0 bridgehead atoms. The third-order valence-corrected chi connectivity index (χ3v) is 9.73. The maximum absolute atomic E-state index is 13.4. The fraction of sp³-hybridized carbons (Fsp3) is 0.743. The molecule has 3 rings (SSSR count). The van der Waals surface area contributed by atoms with Crippen molar-refractivity contribution in [3.8, 4) is 11.5 Å². The van der Waals surface area contributed by atoms with Crippen LogP contribution in [-0.4, -0.2) is 71.6 Å². The first-order valence-electron chi connectivity index (χ1n) is 17.0. The molecule has 10 heteroatoms. The van der Waals surface area contributed by atoms with E-state index in [1.165, 1.54) is 26.0 Å². The number of aromatic hydroxyl groups is 1. The summed E-state index contributed by atoms with van der Waals surface area (Å²) >= 11 is 0. The first-order chi connectivity index (χ1) is 21.5. The highest BCUT2D eigenvalue weighted by Crippen LogP contribution is 2.36. The van der Waals surface area contributed by atoms with Gasteiger partial charge in [0.15, 0.2) is 11.5 Å². The molecule has 3 N–H and O–H groups in total. The van der Waals surface area contributed by atoms with E-state index < -0.39 is 12.1 Å². The standard InChI is InChI=1S/C35H56N2O8/c1-6-24(3)34(41)44-30-17-23(2)9-7-8-10-25(4)27(19-30)12-13-29-20-28(21-33(40)36-15-16-38)37(35(42)45-29)22-26-11-14-31(39)32(18-26)43-5/h11,14,18,23-25,27-30,38-39H,6-10,12-13,15-17,19-22H2,1-5H3,(H,36,40)/t23-,24-,25-,27?,28?,29+,30-/m0/s1. The number of hydrogen-bond donors (Lipinski definition) is 3. The number of hydrogen-bond acceptors (Lipinski definition) is 8. The highest BCUT2D eigenvalue weighted by Gasteiger charge is 2.37. The number of amides is 2. The summed E-state index contributed by atoms with van der Waals surface area (Å²) in [4.78, 5) is 40.5. The van der Waals surface area contributed by atoms with Crippen molar-refractivity contribution in [1.29, 1.82) is 0 Å². The summed E-state index contributed by atoms with van der Waals surface area (Å²) in [6.45, 7) is 8.65. The van der Waals surface area contributed by atoms with Crippen molar-refractivity contribution in [2.24, 2.45) is 23.7 Å². The number of nitrogens with one attached hydrogen (secondary N) is 1. The molecule has 1 saturated carbocycles. The summed E-state index contributed by atoms with van der Waals surface area (Å²) in [6.07, 6.45) is 8.18. The Hall–Kier alpha value is -3.01. The Kier molecular flexibility index (Phi) is 14.8. The van der Waals surface area contributed by atoms with E-state index in [0.29, 0.717) is 36.3 Å². The smallest absolute Gasteiger partial charge is 0.410 e. The van der Waals surface area contributed by atoms with E-state index in [9.17, 15) is 24.6 Å². The lowest BCUT2D eigenvalue weighted by Crippen LogP contribution is -2.50. The molecule has 10 nitrogen and oxygen atoms in total. The topological polar surface area (TPSA) is 135 Å². The molecule has 7 atom stereocenters. The van der Waals surface area contributed by atoms with E-state index in [0.717, 1.165) is 44.1 Å². The van der Waals surface area contributed by atoms with E-state index in [4.69, 9.17) is 14.2 Å². The van der Waals surface area contributed by atoms with Gasteiger partial charge in [-0.3, -0.25) is 9.59 Å². The highest BCUT2D eigenvalue weighted by atomic mass is 16.6. The minimum Gasteiger partial charge on any atom is -0.504 e. The van der Waals surface area contributed by atoms with Crippen LogP contribution in [0.25, 0.3) is 0 Å². The molecule has 1 aromatic rings. The van der Waals surface area contributed by atoms with Gasteiger partial charge in [-0.15, -0.1) is 0 Å². The van der Waals surface area contributed by atoms with E-state index in [-0.39, 0.29) is 61.9 Å². The Balaban J connectivity index is 1.74. The van der Waals surface area contributed by atoms with E-state index >= 15 is 0 Å². The number of phenols is 1. The van der Waals surface area contributed by atoms with E-state index in [1.54, 1.807) is 17.0 Å². The van der Waals surface area contributed by atoms with Crippen molar-refractivity contribution in [3.05, 3.63) is 23.8 Å². The number of ether oxygens (including phenoxy) is 3. The quantitative estimate of drug-likeness (QED) is 0.227. The number of aliphatic hydroxyl groups excluding tert-OH is 1. The van der Waals surface area contributed by atoms with Gasteiger partial charge < -0.3 is 34.6 Å². The Labute approximate surface area is 269 Å². The molecule has 1 aromatic carbocycles. The molecule has 2 amide bonds. The summed E-state index contributed by atoms with van der Waals surface area (Å²) < 4.78 is 17.3. The number of nitrogens with zero attached hydrogens (tertiary/aromatic N) is 1. The van der Waals surface area contributed by atoms with Crippen LogP contribution in [0.1, 0.15) is 104 Å². The van der Waals surface area contributed by atoms with Gasteiger partial charge in [0, 0.05) is 32.0 Å². The molecule has 1 aliphatic heterocycles. The van der Waals surface area contributed by atoms with Gasteiger partial charge in [0.25, 0.3) is 0 Å². The SMILES string of the molecule is CC[C@H](C)C(=O)O[C@@H]1CC(CC[C@@H]2CC(CC(=O)NCCO)N(Cc3ccc(O)c(OC)c3)C(=O)O2)[C@@H](C)CCCC[C@H](C)C1. The monoisotopic (exact) mass is 632 g/mol. The number of aliphatic hydroxyl groups is 1. The molecule has 2 unspecified atom stereocenters. The van der Waals surface area contributed by atoms with Gasteiger partial charge >= 0.3 is 12.1 Å². The van der Waals surface area contributed by atoms with Gasteiger partial charge in [-0.05, 0) is 67.6 Å². The predicted octanol–water partition coefficient (Wildman–Crippen LogP) is 5.96. The third kappa shape index (κ3) is 11.4.